The van der Waals surface area contributed by atoms with Crippen molar-refractivity contribution in [3.05, 3.63) is 102 Å². The van der Waals surface area contributed by atoms with Gasteiger partial charge in [-0.15, -0.1) is 0 Å². The van der Waals surface area contributed by atoms with Crippen molar-refractivity contribution in [2.45, 2.75) is 135 Å². The summed E-state index contributed by atoms with van der Waals surface area (Å²) in [6, 6.07) is 9.58. The average Bonchev–Trinajstić information content (AvgIpc) is 3.68. The van der Waals surface area contributed by atoms with E-state index in [1.165, 1.54) is 43.5 Å². The van der Waals surface area contributed by atoms with Crippen LogP contribution in [0.1, 0.15) is 84.3 Å². The molecule has 282 valence electrons. The van der Waals surface area contributed by atoms with Crippen molar-refractivity contribution in [3.8, 4) is 0 Å². The van der Waals surface area contributed by atoms with E-state index in [9.17, 15) is 0 Å². The van der Waals surface area contributed by atoms with Crippen molar-refractivity contribution in [1.82, 2.24) is 0 Å². The number of anilines is 1. The lowest BCUT2D eigenvalue weighted by molar-refractivity contribution is -0.00471. The Kier molecular flexibility index (Phi) is 10.4. The van der Waals surface area contributed by atoms with Crippen LogP contribution in [0.25, 0.3) is 0 Å². The van der Waals surface area contributed by atoms with Gasteiger partial charge in [-0.3, -0.25) is 0 Å². The fourth-order valence-corrected chi connectivity index (χ4v) is 20.4. The maximum Gasteiger partial charge on any atom is 0.0665 e. The largest absolute Gasteiger partial charge is 0.376 e. The van der Waals surface area contributed by atoms with Gasteiger partial charge >= 0.3 is 0 Å². The Morgan fingerprint density at radius 2 is 1.31 bits per heavy atom. The zero-order valence-corrected chi connectivity index (χ0v) is 36.7. The minimum absolute atomic E-state index is 0.0479. The normalized spacial score (nSPS) is 34.1. The monoisotopic (exact) mass is 734 g/mol. The molecule has 0 N–H and O–H groups in total. The summed E-state index contributed by atoms with van der Waals surface area (Å²) in [7, 11) is -3.43. The molecule has 2 nitrogen and oxygen atoms in total. The van der Waals surface area contributed by atoms with Crippen molar-refractivity contribution >= 4 is 21.8 Å². The number of allylic oxidation sites excluding steroid dienone is 11. The number of fused-ring (bicyclic) bond motifs is 8. The van der Waals surface area contributed by atoms with Crippen LogP contribution >= 0.6 is 0 Å². The van der Waals surface area contributed by atoms with Gasteiger partial charge < -0.3 is 9.64 Å². The molecule has 1 heterocycles. The fourth-order valence-electron chi connectivity index (χ4n) is 12.1. The lowest BCUT2D eigenvalue weighted by atomic mass is 9.76. The first-order valence-corrected chi connectivity index (χ1v) is 27.7. The van der Waals surface area contributed by atoms with Crippen LogP contribution in [-0.2, 0) is 4.74 Å². The molecule has 1 aromatic carbocycles. The molecule has 0 amide bonds. The van der Waals surface area contributed by atoms with Gasteiger partial charge in [0.1, 0.15) is 0 Å². The van der Waals surface area contributed by atoms with E-state index in [2.05, 4.69) is 165 Å². The molecule has 52 heavy (non-hydrogen) atoms. The summed E-state index contributed by atoms with van der Waals surface area (Å²) in [5.41, 5.74) is 7.84. The smallest absolute Gasteiger partial charge is 0.0665 e. The standard InChI is InChI=1S/C48H71NOSi2/c1-33-24-27-42-41(30-33)43-44(49(42)32-51(8,9)10)37-21-15-17-23-39(37)46(43)52(11,29-19-13-12-18-28-50-48(5,6)7)45-38-22-16-14-20-35(38)36-26-25-34(31-40(36)45)47(2,3)4/h14-17,20-27,30-31,35-40,43-46H,12-13,18-19,28-29,32H2,1-11H3. The molecule has 0 spiro atoms. The number of nitrogens with zero attached hydrogens (tertiary/aromatic N) is 1. The molecule has 11 atom stereocenters. The summed E-state index contributed by atoms with van der Waals surface area (Å²) >= 11 is 0. The maximum atomic E-state index is 6.16. The number of aryl methyl sites for hydroxylation is 1. The first kappa shape index (κ1) is 38.1. The molecule has 6 aliphatic rings. The van der Waals surface area contributed by atoms with Crippen LogP contribution in [0.4, 0.5) is 5.69 Å². The molecule has 1 aliphatic heterocycles. The third kappa shape index (κ3) is 7.19. The van der Waals surface area contributed by atoms with Crippen molar-refractivity contribution in [2.75, 3.05) is 17.7 Å². The molecule has 0 bridgehead atoms. The van der Waals surface area contributed by atoms with E-state index < -0.39 is 16.1 Å². The number of hydrogen-bond acceptors (Lipinski definition) is 2. The highest BCUT2D eigenvalue weighted by molar-refractivity contribution is 6.82. The van der Waals surface area contributed by atoms with E-state index in [-0.39, 0.29) is 11.0 Å². The van der Waals surface area contributed by atoms with E-state index >= 15 is 0 Å². The Morgan fingerprint density at radius 3 is 1.96 bits per heavy atom. The van der Waals surface area contributed by atoms with Crippen LogP contribution in [0.2, 0.25) is 43.3 Å². The van der Waals surface area contributed by atoms with Crippen LogP contribution in [0.5, 0.6) is 0 Å². The Bertz CT molecular complexity index is 1660. The van der Waals surface area contributed by atoms with Gasteiger partial charge in [-0.25, -0.2) is 0 Å². The fraction of sp³-hybridized carbons (Fsp3) is 0.625. The number of ether oxygens (including phenoxy) is 1. The van der Waals surface area contributed by atoms with Crippen molar-refractivity contribution in [3.63, 3.8) is 0 Å². The van der Waals surface area contributed by atoms with Gasteiger partial charge in [0.05, 0.1) is 21.7 Å². The molecule has 11 unspecified atom stereocenters. The summed E-state index contributed by atoms with van der Waals surface area (Å²) in [4.78, 5) is 2.97. The second-order valence-corrected chi connectivity index (χ2v) is 31.5. The van der Waals surface area contributed by atoms with Gasteiger partial charge in [-0.05, 0) is 97.4 Å². The number of benzene rings is 1. The zero-order valence-electron chi connectivity index (χ0n) is 34.7. The molecular formula is C48H71NOSi2. The maximum absolute atomic E-state index is 6.16. The van der Waals surface area contributed by atoms with Crippen LogP contribution in [0.3, 0.4) is 0 Å². The summed E-state index contributed by atoms with van der Waals surface area (Å²) in [6.45, 7) is 27.8. The van der Waals surface area contributed by atoms with Crippen LogP contribution < -0.4 is 4.90 Å². The first-order chi connectivity index (χ1) is 24.5. The quantitative estimate of drug-likeness (QED) is 0.166. The second-order valence-electron chi connectivity index (χ2n) is 21.2. The number of unbranched alkanes of at least 4 members (excludes halogenated alkanes) is 3. The molecule has 5 aliphatic carbocycles. The summed E-state index contributed by atoms with van der Waals surface area (Å²) in [6.07, 6.45) is 34.7. The zero-order chi connectivity index (χ0) is 37.2. The molecule has 4 heteroatoms. The van der Waals surface area contributed by atoms with Gasteiger partial charge in [-0.2, -0.15) is 0 Å². The predicted molar refractivity (Wildman–Crippen MR) is 231 cm³/mol. The molecule has 0 radical (unpaired) electrons. The highest BCUT2D eigenvalue weighted by Gasteiger charge is 2.66. The van der Waals surface area contributed by atoms with Crippen molar-refractivity contribution < 1.29 is 4.74 Å². The molecule has 1 aromatic rings. The lowest BCUT2D eigenvalue weighted by Crippen LogP contribution is -2.49. The summed E-state index contributed by atoms with van der Waals surface area (Å²) < 4.78 is 6.16. The van der Waals surface area contributed by atoms with Gasteiger partial charge in [0.2, 0.25) is 0 Å². The number of rotatable bonds is 11. The topological polar surface area (TPSA) is 12.5 Å². The second kappa shape index (κ2) is 14.2. The summed E-state index contributed by atoms with van der Waals surface area (Å²) in [5.74, 6) is 4.31. The highest BCUT2D eigenvalue weighted by Crippen LogP contribution is 2.70. The predicted octanol–water partition coefficient (Wildman–Crippen LogP) is 12.9. The van der Waals surface area contributed by atoms with E-state index in [0.717, 1.165) is 17.7 Å². The van der Waals surface area contributed by atoms with E-state index in [1.807, 2.05) is 0 Å². The van der Waals surface area contributed by atoms with Crippen LogP contribution in [0.15, 0.2) is 90.6 Å². The molecule has 7 rings (SSSR count). The average molecular weight is 734 g/mol. The van der Waals surface area contributed by atoms with Gasteiger partial charge in [-0.1, -0.05) is 157 Å². The third-order valence-corrected chi connectivity index (χ3v) is 21.3. The number of hydrogen-bond donors (Lipinski definition) is 0. The van der Waals surface area contributed by atoms with E-state index in [1.54, 1.807) is 16.8 Å². The molecule has 0 aromatic heterocycles. The van der Waals surface area contributed by atoms with E-state index in [4.69, 9.17) is 4.74 Å². The van der Waals surface area contributed by atoms with E-state index in [0.29, 0.717) is 47.5 Å². The van der Waals surface area contributed by atoms with Crippen LogP contribution in [0, 0.1) is 47.8 Å². The minimum Gasteiger partial charge on any atom is -0.376 e. The lowest BCUT2D eigenvalue weighted by Gasteiger charge is -2.49. The van der Waals surface area contributed by atoms with Crippen molar-refractivity contribution in [2.24, 2.45) is 40.9 Å². The Labute approximate surface area is 320 Å². The Balaban J connectivity index is 1.33. The SMILES string of the molecule is Cc1ccc2c(c1)C1C(C3C=CC=CC3C1[Si](C)(CCCCCCOC(C)(C)C)C1C3C=CC=CC3C3C=CC(C(C)(C)C)=CC31)N2C[Si](C)(C)C. The molecular weight excluding hydrogens is 663 g/mol. The molecule has 0 saturated heterocycles. The summed E-state index contributed by atoms with van der Waals surface area (Å²) in [5, 5.41) is 0. The third-order valence-electron chi connectivity index (χ3n) is 14.0. The highest BCUT2D eigenvalue weighted by atomic mass is 28.3. The van der Waals surface area contributed by atoms with Gasteiger partial charge in [0, 0.05) is 36.3 Å². The van der Waals surface area contributed by atoms with Crippen LogP contribution in [-0.4, -0.2) is 40.6 Å². The molecule has 2 fully saturated rings. The minimum atomic E-state index is -2.05. The van der Waals surface area contributed by atoms with Crippen molar-refractivity contribution in [1.29, 1.82) is 0 Å². The first-order valence-electron chi connectivity index (χ1n) is 21.1. The Hall–Kier alpha value is -2.15. The Morgan fingerprint density at radius 1 is 0.692 bits per heavy atom. The van der Waals surface area contributed by atoms with Gasteiger partial charge in [0.15, 0.2) is 0 Å². The van der Waals surface area contributed by atoms with Gasteiger partial charge in [0.25, 0.3) is 0 Å². The molecule has 2 saturated carbocycles.